The van der Waals surface area contributed by atoms with Crippen molar-refractivity contribution in [1.29, 1.82) is 0 Å². The molecule has 0 saturated heterocycles. The summed E-state index contributed by atoms with van der Waals surface area (Å²) in [5.74, 6) is -0.392. The van der Waals surface area contributed by atoms with Gasteiger partial charge in [0, 0.05) is 12.7 Å². The maximum atomic E-state index is 12.2. The quantitative estimate of drug-likeness (QED) is 0.397. The fraction of sp³-hybridized carbons (Fsp3) is 0.250. The number of aromatic nitrogens is 2. The van der Waals surface area contributed by atoms with Crippen molar-refractivity contribution in [1.82, 2.24) is 20.6 Å². The lowest BCUT2D eigenvalue weighted by atomic mass is 10.2. The van der Waals surface area contributed by atoms with E-state index in [-0.39, 0.29) is 13.3 Å². The first kappa shape index (κ1) is 18.2. The number of aliphatic hydroxyl groups excluding tert-OH is 1. The van der Waals surface area contributed by atoms with Crippen molar-refractivity contribution in [2.45, 2.75) is 12.6 Å². The van der Waals surface area contributed by atoms with Crippen LogP contribution >= 0.6 is 0 Å². The Morgan fingerprint density at radius 2 is 2.00 bits per heavy atom. The van der Waals surface area contributed by atoms with Crippen LogP contribution in [-0.4, -0.2) is 46.3 Å². The minimum absolute atomic E-state index is 0.126. The Bertz CT molecular complexity index is 981. The number of hydrogen-bond acceptors (Lipinski definition) is 7. The van der Waals surface area contributed by atoms with Crippen LogP contribution < -0.4 is 31.4 Å². The molecule has 2 aromatic rings. The number of fused-ring (bicyclic) bond motifs is 1. The van der Waals surface area contributed by atoms with E-state index in [2.05, 4.69) is 15.6 Å². The summed E-state index contributed by atoms with van der Waals surface area (Å²) in [6, 6.07) is 3.87. The molecule has 3 rings (SSSR count). The van der Waals surface area contributed by atoms with E-state index in [0.29, 0.717) is 11.5 Å². The third-order valence-electron chi connectivity index (χ3n) is 3.77. The van der Waals surface area contributed by atoms with Gasteiger partial charge in [0.25, 0.3) is 11.5 Å². The number of aromatic amines is 2. The summed E-state index contributed by atoms with van der Waals surface area (Å²) in [6.45, 7) is -0.422. The number of nitrogens with one attached hydrogen (secondary N) is 4. The first-order valence-electron chi connectivity index (χ1n) is 7.88. The Labute approximate surface area is 151 Å². The van der Waals surface area contributed by atoms with Gasteiger partial charge in [0.1, 0.15) is 11.6 Å². The second kappa shape index (κ2) is 7.74. The number of carbonyl (C=O) groups excluding carboxylic acids is 2. The minimum atomic E-state index is -1.28. The Morgan fingerprint density at radius 3 is 2.74 bits per heavy atom. The van der Waals surface area contributed by atoms with Gasteiger partial charge in [0.05, 0.1) is 6.61 Å². The number of amides is 2. The highest BCUT2D eigenvalue weighted by atomic mass is 16.7. The van der Waals surface area contributed by atoms with Crippen molar-refractivity contribution in [2.75, 3.05) is 13.4 Å². The molecule has 142 valence electrons. The van der Waals surface area contributed by atoms with Crippen molar-refractivity contribution in [2.24, 2.45) is 0 Å². The zero-order valence-electron chi connectivity index (χ0n) is 13.9. The molecule has 0 bridgehead atoms. The zero-order chi connectivity index (χ0) is 19.4. The van der Waals surface area contributed by atoms with Crippen LogP contribution in [0.4, 0.5) is 0 Å². The zero-order valence-corrected chi connectivity index (χ0v) is 13.9. The maximum Gasteiger partial charge on any atom is 0.325 e. The molecule has 2 amide bonds. The van der Waals surface area contributed by atoms with Crippen molar-refractivity contribution in [3.8, 4) is 11.5 Å². The Balaban J connectivity index is 1.61. The Kier molecular flexibility index (Phi) is 5.22. The normalized spacial score (nSPS) is 13.1. The molecule has 0 aliphatic carbocycles. The van der Waals surface area contributed by atoms with Crippen LogP contribution in [0.15, 0.2) is 34.0 Å². The number of benzene rings is 1. The van der Waals surface area contributed by atoms with Crippen LogP contribution in [0.1, 0.15) is 15.9 Å². The highest BCUT2D eigenvalue weighted by molar-refractivity contribution is 5.97. The molecule has 5 N–H and O–H groups in total. The molecule has 11 nitrogen and oxygen atoms in total. The molecule has 0 fully saturated rings. The van der Waals surface area contributed by atoms with Gasteiger partial charge in [-0.15, -0.1) is 0 Å². The standard InChI is InChI=1S/C16H16N4O7/c21-6-10(19-13(22)9-5-18-16(25)20-14(9)23)15(24)17-4-8-1-2-11-12(3-8)27-7-26-11/h1-3,5,10,21H,4,6-7H2,(H,17,24)(H,19,22)(H2,18,20,23,25)/t10-/m0/s1. The van der Waals surface area contributed by atoms with Crippen molar-refractivity contribution in [3.05, 3.63) is 56.4 Å². The largest absolute Gasteiger partial charge is 0.454 e. The van der Waals surface area contributed by atoms with Crippen LogP contribution in [0.25, 0.3) is 0 Å². The van der Waals surface area contributed by atoms with Crippen LogP contribution in [0.2, 0.25) is 0 Å². The highest BCUT2D eigenvalue weighted by Crippen LogP contribution is 2.32. The van der Waals surface area contributed by atoms with Gasteiger partial charge in [0.15, 0.2) is 11.5 Å². The second-order valence-electron chi connectivity index (χ2n) is 5.60. The van der Waals surface area contributed by atoms with Gasteiger partial charge in [-0.2, -0.15) is 0 Å². The summed E-state index contributed by atoms with van der Waals surface area (Å²) < 4.78 is 10.4. The van der Waals surface area contributed by atoms with Crippen LogP contribution in [0, 0.1) is 0 Å². The average Bonchev–Trinajstić information content (AvgIpc) is 3.11. The average molecular weight is 376 g/mol. The van der Waals surface area contributed by atoms with Gasteiger partial charge in [-0.3, -0.25) is 19.4 Å². The van der Waals surface area contributed by atoms with E-state index in [4.69, 9.17) is 9.47 Å². The molecule has 1 aromatic carbocycles. The number of H-pyrrole nitrogens is 2. The fourth-order valence-corrected chi connectivity index (χ4v) is 2.37. The summed E-state index contributed by atoms with van der Waals surface area (Å²) in [5.41, 5.74) is -1.34. The second-order valence-corrected chi connectivity index (χ2v) is 5.60. The van der Waals surface area contributed by atoms with Gasteiger partial charge >= 0.3 is 5.69 Å². The molecule has 0 spiro atoms. The van der Waals surface area contributed by atoms with Crippen LogP contribution in [0.5, 0.6) is 11.5 Å². The Morgan fingerprint density at radius 1 is 1.22 bits per heavy atom. The summed E-state index contributed by atoms with van der Waals surface area (Å²) in [7, 11) is 0. The summed E-state index contributed by atoms with van der Waals surface area (Å²) in [5, 5.41) is 14.2. The van der Waals surface area contributed by atoms with Gasteiger partial charge in [-0.1, -0.05) is 6.07 Å². The van der Waals surface area contributed by atoms with Crippen molar-refractivity contribution < 1.29 is 24.2 Å². The molecule has 1 atom stereocenters. The molecule has 11 heteroatoms. The molecular weight excluding hydrogens is 360 g/mol. The molecule has 0 saturated carbocycles. The first-order valence-corrected chi connectivity index (χ1v) is 7.88. The van der Waals surface area contributed by atoms with Crippen LogP contribution in [-0.2, 0) is 11.3 Å². The topological polar surface area (TPSA) is 163 Å². The molecule has 27 heavy (non-hydrogen) atoms. The van der Waals surface area contributed by atoms with Crippen molar-refractivity contribution >= 4 is 11.8 Å². The molecule has 1 aliphatic heterocycles. The molecular formula is C16H16N4O7. The Hall–Kier alpha value is -3.60. The van der Waals surface area contributed by atoms with Gasteiger partial charge in [-0.25, -0.2) is 4.79 Å². The lowest BCUT2D eigenvalue weighted by Crippen LogP contribution is -2.49. The van der Waals surface area contributed by atoms with E-state index in [1.807, 2.05) is 4.98 Å². The monoisotopic (exact) mass is 376 g/mol. The summed E-state index contributed by atoms with van der Waals surface area (Å²) in [6.07, 6.45) is 0.926. The van der Waals surface area contributed by atoms with E-state index in [1.165, 1.54) is 0 Å². The lowest BCUT2D eigenvalue weighted by molar-refractivity contribution is -0.124. The summed E-state index contributed by atoms with van der Waals surface area (Å²) in [4.78, 5) is 50.9. The number of hydrogen-bond donors (Lipinski definition) is 5. The molecule has 0 unspecified atom stereocenters. The number of aliphatic hydroxyl groups is 1. The number of carbonyl (C=O) groups is 2. The van der Waals surface area contributed by atoms with E-state index in [9.17, 15) is 24.3 Å². The minimum Gasteiger partial charge on any atom is -0.454 e. The van der Waals surface area contributed by atoms with Crippen LogP contribution in [0.3, 0.4) is 0 Å². The molecule has 1 aliphatic rings. The molecule has 2 heterocycles. The van der Waals surface area contributed by atoms with E-state index >= 15 is 0 Å². The number of rotatable bonds is 6. The van der Waals surface area contributed by atoms with E-state index < -0.39 is 41.3 Å². The highest BCUT2D eigenvalue weighted by Gasteiger charge is 2.22. The predicted molar refractivity (Wildman–Crippen MR) is 90.4 cm³/mol. The number of ether oxygens (including phenoxy) is 2. The first-order chi connectivity index (χ1) is 13.0. The fourth-order valence-electron chi connectivity index (χ4n) is 2.37. The summed E-state index contributed by atoms with van der Waals surface area (Å²) >= 11 is 0. The van der Waals surface area contributed by atoms with E-state index in [1.54, 1.807) is 18.2 Å². The lowest BCUT2D eigenvalue weighted by Gasteiger charge is -2.16. The third kappa shape index (κ3) is 4.15. The van der Waals surface area contributed by atoms with Crippen molar-refractivity contribution in [3.63, 3.8) is 0 Å². The van der Waals surface area contributed by atoms with E-state index in [0.717, 1.165) is 11.8 Å². The maximum absolute atomic E-state index is 12.2. The molecule has 1 aromatic heterocycles. The third-order valence-corrected chi connectivity index (χ3v) is 3.77. The SMILES string of the molecule is O=C(N[C@@H](CO)C(=O)NCc1ccc2c(c1)OCO2)c1c[nH]c(=O)[nH]c1=O. The predicted octanol–water partition coefficient (Wildman–Crippen LogP) is -1.80. The van der Waals surface area contributed by atoms with Gasteiger partial charge in [-0.05, 0) is 17.7 Å². The molecule has 0 radical (unpaired) electrons. The smallest absolute Gasteiger partial charge is 0.325 e. The van der Waals surface area contributed by atoms with Gasteiger partial charge < -0.3 is 30.2 Å². The van der Waals surface area contributed by atoms with Gasteiger partial charge in [0.2, 0.25) is 12.7 Å².